The summed E-state index contributed by atoms with van der Waals surface area (Å²) in [5, 5.41) is -0.118. The first-order valence-electron chi connectivity index (χ1n) is 6.47. The minimum absolute atomic E-state index is 0.0314. The molecule has 0 atom stereocenters. The van der Waals surface area contributed by atoms with Crippen LogP contribution in [0.3, 0.4) is 0 Å². The Morgan fingerprint density at radius 3 is 2.55 bits per heavy atom. The van der Waals surface area contributed by atoms with Crippen molar-refractivity contribution in [1.29, 1.82) is 0 Å². The highest BCUT2D eigenvalue weighted by Gasteiger charge is 2.37. The normalized spacial score (nSPS) is 15.8. The van der Waals surface area contributed by atoms with Crippen LogP contribution in [0.2, 0.25) is 5.02 Å². The van der Waals surface area contributed by atoms with Gasteiger partial charge in [-0.1, -0.05) is 18.5 Å². The highest BCUT2D eigenvalue weighted by atomic mass is 35.5. The smallest absolute Gasteiger partial charge is 0.207 e. The molecule has 112 valence electrons. The van der Waals surface area contributed by atoms with E-state index in [-0.39, 0.29) is 21.8 Å². The fraction of sp³-hybridized carbons (Fsp3) is 0.538. The third-order valence-corrected chi connectivity index (χ3v) is 5.87. The molecule has 0 aromatic heterocycles. The lowest BCUT2D eigenvalue weighted by atomic mass is 10.2. The van der Waals surface area contributed by atoms with Gasteiger partial charge in [0.1, 0.15) is 5.82 Å². The van der Waals surface area contributed by atoms with Crippen LogP contribution < -0.4 is 0 Å². The summed E-state index contributed by atoms with van der Waals surface area (Å²) in [6.45, 7) is 2.35. The van der Waals surface area contributed by atoms with Crippen LogP contribution in [0.25, 0.3) is 0 Å². The fourth-order valence-corrected chi connectivity index (χ4v) is 4.38. The Hall–Kier alpha value is -0.360. The van der Waals surface area contributed by atoms with Gasteiger partial charge in [-0.05, 0) is 37.0 Å². The van der Waals surface area contributed by atoms with Gasteiger partial charge in [0.2, 0.25) is 10.0 Å². The molecule has 3 nitrogen and oxygen atoms in total. The molecule has 0 saturated heterocycles. The van der Waals surface area contributed by atoms with Crippen LogP contribution >= 0.6 is 23.2 Å². The molecule has 2 rings (SSSR count). The molecule has 1 aromatic rings. The first-order chi connectivity index (χ1) is 9.41. The maximum atomic E-state index is 13.7. The van der Waals surface area contributed by atoms with Crippen molar-refractivity contribution >= 4 is 33.2 Å². The first-order valence-corrected chi connectivity index (χ1v) is 8.82. The van der Waals surface area contributed by atoms with Crippen LogP contribution in [-0.4, -0.2) is 25.3 Å². The van der Waals surface area contributed by atoms with E-state index in [0.717, 1.165) is 18.9 Å². The predicted molar refractivity (Wildman–Crippen MR) is 78.2 cm³/mol. The molecule has 1 fully saturated rings. The van der Waals surface area contributed by atoms with Gasteiger partial charge in [0.25, 0.3) is 0 Å². The van der Waals surface area contributed by atoms with Gasteiger partial charge < -0.3 is 0 Å². The Bertz CT molecular complexity index is 603. The molecule has 0 spiro atoms. The molecular formula is C13H16Cl2FNO2S. The number of hydrogen-bond donors (Lipinski definition) is 0. The van der Waals surface area contributed by atoms with Gasteiger partial charge in [-0.3, -0.25) is 0 Å². The van der Waals surface area contributed by atoms with Crippen molar-refractivity contribution in [3.63, 3.8) is 0 Å². The fourth-order valence-electron chi connectivity index (χ4n) is 2.08. The zero-order chi connectivity index (χ0) is 14.9. The molecule has 0 bridgehead atoms. The van der Waals surface area contributed by atoms with Crippen molar-refractivity contribution in [2.24, 2.45) is 0 Å². The number of hydrogen-bond acceptors (Lipinski definition) is 2. The zero-order valence-electron chi connectivity index (χ0n) is 11.1. The number of sulfonamides is 1. The Morgan fingerprint density at radius 1 is 1.40 bits per heavy atom. The molecule has 1 aliphatic carbocycles. The van der Waals surface area contributed by atoms with Gasteiger partial charge in [0.15, 0.2) is 0 Å². The maximum absolute atomic E-state index is 13.7. The second-order valence-electron chi connectivity index (χ2n) is 4.86. The Morgan fingerprint density at radius 2 is 2.05 bits per heavy atom. The lowest BCUT2D eigenvalue weighted by Gasteiger charge is -2.21. The van der Waals surface area contributed by atoms with Crippen molar-refractivity contribution in [3.8, 4) is 0 Å². The molecule has 0 N–H and O–H groups in total. The van der Waals surface area contributed by atoms with E-state index < -0.39 is 15.8 Å². The second-order valence-corrected chi connectivity index (χ2v) is 7.39. The molecule has 0 heterocycles. The maximum Gasteiger partial charge on any atom is 0.243 e. The molecular weight excluding hydrogens is 324 g/mol. The van der Waals surface area contributed by atoms with E-state index in [4.69, 9.17) is 23.2 Å². The molecule has 0 amide bonds. The van der Waals surface area contributed by atoms with Gasteiger partial charge in [0.05, 0.1) is 9.92 Å². The summed E-state index contributed by atoms with van der Waals surface area (Å²) in [6, 6.07) is 2.37. The van der Waals surface area contributed by atoms with Gasteiger partial charge in [-0.2, -0.15) is 4.31 Å². The van der Waals surface area contributed by atoms with E-state index in [1.54, 1.807) is 0 Å². The first kappa shape index (κ1) is 16.0. The Balaban J connectivity index is 2.45. The molecule has 0 aliphatic heterocycles. The lowest BCUT2D eigenvalue weighted by Crippen LogP contribution is -2.34. The third kappa shape index (κ3) is 3.11. The van der Waals surface area contributed by atoms with Crippen LogP contribution in [0.5, 0.6) is 0 Å². The Kier molecular flexibility index (Phi) is 4.95. The summed E-state index contributed by atoms with van der Waals surface area (Å²) in [7, 11) is -3.70. The van der Waals surface area contributed by atoms with E-state index >= 15 is 0 Å². The van der Waals surface area contributed by atoms with E-state index in [2.05, 4.69) is 0 Å². The van der Waals surface area contributed by atoms with Crippen molar-refractivity contribution in [2.75, 3.05) is 6.54 Å². The molecule has 0 unspecified atom stereocenters. The van der Waals surface area contributed by atoms with Gasteiger partial charge in [-0.25, -0.2) is 12.8 Å². The summed E-state index contributed by atoms with van der Waals surface area (Å²) in [4.78, 5) is -0.0737. The SMILES string of the molecule is CCCN(C1CC1)S(=O)(=O)c1cc(F)c(Cl)c(CCl)c1. The Labute approximate surface area is 128 Å². The quantitative estimate of drug-likeness (QED) is 0.739. The monoisotopic (exact) mass is 339 g/mol. The van der Waals surface area contributed by atoms with Crippen molar-refractivity contribution in [2.45, 2.75) is 43.0 Å². The number of nitrogens with zero attached hydrogens (tertiary/aromatic N) is 1. The van der Waals surface area contributed by atoms with Crippen LogP contribution in [-0.2, 0) is 15.9 Å². The summed E-state index contributed by atoms with van der Waals surface area (Å²) in [5.74, 6) is -0.785. The minimum atomic E-state index is -3.70. The van der Waals surface area contributed by atoms with Crippen LogP contribution in [0.1, 0.15) is 31.7 Å². The molecule has 0 radical (unpaired) electrons. The van der Waals surface area contributed by atoms with Crippen LogP contribution in [0.4, 0.5) is 4.39 Å². The minimum Gasteiger partial charge on any atom is -0.207 e. The van der Waals surface area contributed by atoms with Crippen LogP contribution in [0.15, 0.2) is 17.0 Å². The average molecular weight is 340 g/mol. The second kappa shape index (κ2) is 6.18. The van der Waals surface area contributed by atoms with Crippen molar-refractivity contribution in [3.05, 3.63) is 28.5 Å². The highest BCUT2D eigenvalue weighted by molar-refractivity contribution is 7.89. The van der Waals surface area contributed by atoms with Crippen molar-refractivity contribution in [1.82, 2.24) is 4.31 Å². The molecule has 20 heavy (non-hydrogen) atoms. The number of alkyl halides is 1. The lowest BCUT2D eigenvalue weighted by molar-refractivity contribution is 0.403. The zero-order valence-corrected chi connectivity index (χ0v) is 13.4. The summed E-state index contributed by atoms with van der Waals surface area (Å²) < 4.78 is 40.4. The van der Waals surface area contributed by atoms with E-state index in [0.29, 0.717) is 18.5 Å². The average Bonchev–Trinajstić information content (AvgIpc) is 3.22. The van der Waals surface area contributed by atoms with Gasteiger partial charge in [-0.15, -0.1) is 11.6 Å². The van der Waals surface area contributed by atoms with E-state index in [9.17, 15) is 12.8 Å². The molecule has 7 heteroatoms. The number of rotatable bonds is 6. The third-order valence-electron chi connectivity index (χ3n) is 3.23. The largest absolute Gasteiger partial charge is 0.243 e. The van der Waals surface area contributed by atoms with Gasteiger partial charge >= 0.3 is 0 Å². The number of halogens is 3. The van der Waals surface area contributed by atoms with Crippen molar-refractivity contribution < 1.29 is 12.8 Å². The van der Waals surface area contributed by atoms with Gasteiger partial charge in [0, 0.05) is 18.5 Å². The number of benzene rings is 1. The summed E-state index contributed by atoms with van der Waals surface area (Å²) >= 11 is 11.4. The summed E-state index contributed by atoms with van der Waals surface area (Å²) in [6.07, 6.45) is 2.43. The highest BCUT2D eigenvalue weighted by Crippen LogP contribution is 2.34. The molecule has 1 saturated carbocycles. The predicted octanol–water partition coefficient (Wildman–Crippen LogP) is 3.78. The van der Waals surface area contributed by atoms with E-state index in [1.165, 1.54) is 10.4 Å². The van der Waals surface area contributed by atoms with Crippen LogP contribution in [0, 0.1) is 5.82 Å². The standard InChI is InChI=1S/C13H16Cl2FNO2S/c1-2-5-17(10-3-4-10)20(18,19)11-6-9(8-14)13(15)12(16)7-11/h6-7,10H,2-5,8H2,1H3. The van der Waals surface area contributed by atoms with E-state index in [1.807, 2.05) is 6.92 Å². The summed E-state index contributed by atoms with van der Waals surface area (Å²) in [5.41, 5.74) is 0.291. The molecule has 1 aliphatic rings. The topological polar surface area (TPSA) is 37.4 Å². The molecule has 1 aromatic carbocycles.